The highest BCUT2D eigenvalue weighted by molar-refractivity contribution is 6.30. The summed E-state index contributed by atoms with van der Waals surface area (Å²) in [6, 6.07) is 8.29. The van der Waals surface area contributed by atoms with Crippen LogP contribution in [0.5, 0.6) is 5.75 Å². The van der Waals surface area contributed by atoms with Crippen LogP contribution in [0, 0.1) is 0 Å². The number of methoxy groups -OCH3 is 1. The van der Waals surface area contributed by atoms with Gasteiger partial charge < -0.3 is 19.7 Å². The lowest BCUT2D eigenvalue weighted by Crippen LogP contribution is -2.50. The van der Waals surface area contributed by atoms with E-state index in [0.717, 1.165) is 12.8 Å². The molecule has 1 aliphatic rings. The van der Waals surface area contributed by atoms with Gasteiger partial charge in [0.1, 0.15) is 22.8 Å². The third-order valence-electron chi connectivity index (χ3n) is 5.50. The van der Waals surface area contributed by atoms with Gasteiger partial charge in [0.25, 0.3) is 5.91 Å². The molecule has 0 saturated carbocycles. The number of carbonyl (C=O) groups is 3. The highest BCUT2D eigenvalue weighted by Gasteiger charge is 2.28. The Balaban J connectivity index is 1.59. The summed E-state index contributed by atoms with van der Waals surface area (Å²) < 4.78 is 10.8. The maximum Gasteiger partial charge on any atom is 0.410 e. The summed E-state index contributed by atoms with van der Waals surface area (Å²) in [5.74, 6) is 0.223. The molecule has 35 heavy (non-hydrogen) atoms. The lowest BCUT2D eigenvalue weighted by atomic mass is 10.0. The summed E-state index contributed by atoms with van der Waals surface area (Å²) in [5.41, 5.74) is 1.05. The zero-order chi connectivity index (χ0) is 25.6. The van der Waals surface area contributed by atoms with Gasteiger partial charge in [-0.1, -0.05) is 11.6 Å². The average molecular weight is 502 g/mol. The number of likely N-dealkylation sites (tertiary alicyclic amines) is 1. The first-order chi connectivity index (χ1) is 16.5. The van der Waals surface area contributed by atoms with E-state index in [-0.39, 0.29) is 42.4 Å². The first kappa shape index (κ1) is 26.5. The van der Waals surface area contributed by atoms with Crippen molar-refractivity contribution in [1.82, 2.24) is 15.2 Å². The van der Waals surface area contributed by atoms with Crippen LogP contribution in [0.1, 0.15) is 55.2 Å². The number of nitrogens with zero attached hydrogens (tertiary/aromatic N) is 2. The second-order valence-corrected chi connectivity index (χ2v) is 10.1. The van der Waals surface area contributed by atoms with E-state index in [0.29, 0.717) is 35.0 Å². The van der Waals surface area contributed by atoms with Gasteiger partial charge in [-0.25, -0.2) is 4.79 Å². The molecule has 1 aliphatic heterocycles. The van der Waals surface area contributed by atoms with E-state index < -0.39 is 5.60 Å². The van der Waals surface area contributed by atoms with E-state index in [9.17, 15) is 14.4 Å². The van der Waals surface area contributed by atoms with Crippen molar-refractivity contribution in [2.45, 2.75) is 58.1 Å². The molecule has 0 spiro atoms. The number of hydrogen-bond acceptors (Lipinski definition) is 6. The quantitative estimate of drug-likeness (QED) is 0.609. The highest BCUT2D eigenvalue weighted by Crippen LogP contribution is 2.24. The van der Waals surface area contributed by atoms with Gasteiger partial charge in [-0.15, -0.1) is 0 Å². The molecule has 3 rings (SSSR count). The van der Waals surface area contributed by atoms with Crippen LogP contribution in [-0.2, 0) is 22.4 Å². The minimum absolute atomic E-state index is 0.0385. The molecule has 9 heteroatoms. The number of nitrogens with one attached hydrogen (secondary N) is 1. The Kier molecular flexibility index (Phi) is 8.72. The molecule has 1 aromatic heterocycles. The minimum atomic E-state index is -0.576. The molecule has 188 valence electrons. The Bertz CT molecular complexity index is 1080. The van der Waals surface area contributed by atoms with E-state index >= 15 is 0 Å². The fraction of sp³-hybridized carbons (Fsp3) is 0.462. The normalized spacial score (nSPS) is 15.9. The van der Waals surface area contributed by atoms with E-state index in [1.807, 2.05) is 20.8 Å². The van der Waals surface area contributed by atoms with Gasteiger partial charge in [0.05, 0.1) is 7.11 Å². The van der Waals surface area contributed by atoms with Gasteiger partial charge in [-0.2, -0.15) is 0 Å². The van der Waals surface area contributed by atoms with Crippen molar-refractivity contribution in [3.8, 4) is 5.75 Å². The fourth-order valence-electron chi connectivity index (χ4n) is 3.94. The number of piperidine rings is 1. The third kappa shape index (κ3) is 7.96. The molecule has 1 N–H and O–H groups in total. The van der Waals surface area contributed by atoms with E-state index in [4.69, 9.17) is 21.1 Å². The zero-order valence-electron chi connectivity index (χ0n) is 20.6. The van der Waals surface area contributed by atoms with Crippen molar-refractivity contribution in [3.05, 3.63) is 58.4 Å². The molecule has 1 fully saturated rings. The topological polar surface area (TPSA) is 97.8 Å². The van der Waals surface area contributed by atoms with E-state index in [2.05, 4.69) is 10.3 Å². The Morgan fingerprint density at radius 2 is 1.94 bits per heavy atom. The van der Waals surface area contributed by atoms with Gasteiger partial charge in [-0.3, -0.25) is 14.6 Å². The van der Waals surface area contributed by atoms with Crippen LogP contribution in [0.15, 0.2) is 36.5 Å². The summed E-state index contributed by atoms with van der Waals surface area (Å²) >= 11 is 6.06. The molecule has 1 aromatic carbocycles. The molecule has 2 aromatic rings. The summed E-state index contributed by atoms with van der Waals surface area (Å²) in [4.78, 5) is 43.7. The zero-order valence-corrected chi connectivity index (χ0v) is 21.4. The van der Waals surface area contributed by atoms with Gasteiger partial charge in [0, 0.05) is 48.8 Å². The number of halogens is 1. The second-order valence-electron chi connectivity index (χ2n) is 9.64. The molecule has 0 aliphatic carbocycles. The number of rotatable bonds is 7. The highest BCUT2D eigenvalue weighted by atomic mass is 35.5. The molecule has 0 bridgehead atoms. The second kappa shape index (κ2) is 11.5. The van der Waals surface area contributed by atoms with Crippen LogP contribution < -0.4 is 10.1 Å². The van der Waals surface area contributed by atoms with Crippen LogP contribution in [0.4, 0.5) is 4.79 Å². The molecular weight excluding hydrogens is 470 g/mol. The molecule has 1 unspecified atom stereocenters. The maximum absolute atomic E-state index is 12.8. The summed E-state index contributed by atoms with van der Waals surface area (Å²) in [5, 5.41) is 3.49. The third-order valence-corrected chi connectivity index (χ3v) is 5.73. The number of Topliss-reactive ketones (excluding diaryl/α,β-unsaturated/α-hetero) is 1. The fourth-order valence-corrected chi connectivity index (χ4v) is 4.14. The Labute approximate surface area is 211 Å². The van der Waals surface area contributed by atoms with Crippen LogP contribution in [0.3, 0.4) is 0 Å². The van der Waals surface area contributed by atoms with Gasteiger partial charge in [0.15, 0.2) is 0 Å². The van der Waals surface area contributed by atoms with E-state index in [1.54, 1.807) is 42.3 Å². The van der Waals surface area contributed by atoms with Crippen molar-refractivity contribution >= 4 is 29.4 Å². The Morgan fingerprint density at radius 1 is 1.17 bits per heavy atom. The first-order valence-electron chi connectivity index (χ1n) is 11.6. The van der Waals surface area contributed by atoms with Gasteiger partial charge >= 0.3 is 6.09 Å². The smallest absolute Gasteiger partial charge is 0.410 e. The van der Waals surface area contributed by atoms with Crippen molar-refractivity contribution in [1.29, 1.82) is 0 Å². The van der Waals surface area contributed by atoms with Crippen molar-refractivity contribution < 1.29 is 23.9 Å². The molecule has 1 saturated heterocycles. The number of aromatic nitrogens is 1. The summed E-state index contributed by atoms with van der Waals surface area (Å²) in [6.07, 6.45) is 2.96. The molecule has 1 atom stereocenters. The Hall–Kier alpha value is -3.13. The number of amides is 2. The predicted molar refractivity (Wildman–Crippen MR) is 133 cm³/mol. The molecular formula is C26H32ClN3O5. The molecule has 0 radical (unpaired) electrons. The monoisotopic (exact) mass is 501 g/mol. The van der Waals surface area contributed by atoms with Crippen LogP contribution in [0.25, 0.3) is 0 Å². The maximum atomic E-state index is 12.8. The standard InChI is InChI=1S/C26H32ClN3O5/c1-26(2,3)35-25(33)30-11-5-6-20(16-30)29-24(32)22-13-17(9-10-28-22)12-21(31)15-18-14-19(27)7-8-23(18)34-4/h7-10,13-14,20H,5-6,11-12,15-16H2,1-4H3,(H,29,32). The van der Waals surface area contributed by atoms with E-state index in [1.165, 1.54) is 6.20 Å². The number of ketones is 1. The lowest BCUT2D eigenvalue weighted by Gasteiger charge is -2.34. The predicted octanol–water partition coefficient (Wildman–Crippen LogP) is 4.23. The Morgan fingerprint density at radius 3 is 2.66 bits per heavy atom. The number of carbonyl (C=O) groups excluding carboxylic acids is 3. The number of pyridine rings is 1. The molecule has 2 amide bonds. The van der Waals surface area contributed by atoms with Crippen LogP contribution >= 0.6 is 11.6 Å². The van der Waals surface area contributed by atoms with Gasteiger partial charge in [0.2, 0.25) is 0 Å². The number of benzene rings is 1. The summed E-state index contributed by atoms with van der Waals surface area (Å²) in [6.45, 7) is 6.43. The number of ether oxygens (including phenoxy) is 2. The minimum Gasteiger partial charge on any atom is -0.496 e. The molecule has 8 nitrogen and oxygen atoms in total. The lowest BCUT2D eigenvalue weighted by molar-refractivity contribution is -0.117. The summed E-state index contributed by atoms with van der Waals surface area (Å²) in [7, 11) is 1.55. The first-order valence-corrected chi connectivity index (χ1v) is 12.0. The van der Waals surface area contributed by atoms with Gasteiger partial charge in [-0.05, 0) is 69.5 Å². The van der Waals surface area contributed by atoms with Crippen molar-refractivity contribution in [3.63, 3.8) is 0 Å². The number of hydrogen-bond donors (Lipinski definition) is 1. The molecule has 2 heterocycles. The SMILES string of the molecule is COc1ccc(Cl)cc1CC(=O)Cc1ccnc(C(=O)NC2CCCN(C(=O)OC(C)(C)C)C2)c1. The van der Waals surface area contributed by atoms with Crippen LogP contribution in [0.2, 0.25) is 5.02 Å². The average Bonchev–Trinajstić information content (AvgIpc) is 2.78. The largest absolute Gasteiger partial charge is 0.496 e. The van der Waals surface area contributed by atoms with Crippen LogP contribution in [-0.4, -0.2) is 59.5 Å². The van der Waals surface area contributed by atoms with Crippen molar-refractivity contribution in [2.24, 2.45) is 0 Å². The van der Waals surface area contributed by atoms with Crippen molar-refractivity contribution in [2.75, 3.05) is 20.2 Å².